The molecule has 0 N–H and O–H groups in total. The Morgan fingerprint density at radius 3 is 0.786 bits per heavy atom. The van der Waals surface area contributed by atoms with Gasteiger partial charge in [0.2, 0.25) is 0 Å². The fraction of sp³-hybridized carbons (Fsp3) is 0. The summed E-state index contributed by atoms with van der Waals surface area (Å²) in [6.07, 6.45) is 0. The zero-order valence-corrected chi connectivity index (χ0v) is 45.1. The molecule has 0 radical (unpaired) electrons. The molecule has 0 spiro atoms. The van der Waals surface area contributed by atoms with Crippen LogP contribution in [0.4, 0.5) is 0 Å². The SMILES string of the molecule is Brc1cccc(-c2c3ccccc3[o+]c3ccccc23)c1-c1c(Br)cccc1-c1c2ccccc2[o+]c2ccccc12.[Cl][Sb-]([Cl])([Cl])([Cl])([Cl])[Cl].[Cl][Sb-]([Cl])([Cl])([Cl])([Cl])[Cl]. The molecule has 294 valence electrons. The zero-order valence-electron chi connectivity index (χ0n) is 27.7. The molecule has 8 aromatic rings. The first-order valence-electron chi connectivity index (χ1n) is 15.8. The Morgan fingerprint density at radius 2 is 0.536 bits per heavy atom. The molecule has 2 aromatic heterocycles. The summed E-state index contributed by atoms with van der Waals surface area (Å²) in [5, 5.41) is 4.27. The number of fused-ring (bicyclic) bond motifs is 4. The van der Waals surface area contributed by atoms with Crippen molar-refractivity contribution in [2.24, 2.45) is 0 Å². The molecule has 18 heteroatoms. The van der Waals surface area contributed by atoms with Crippen LogP contribution in [0.5, 0.6) is 0 Å². The Bertz CT molecular complexity index is 2510. The second-order valence-corrected chi connectivity index (χ2v) is 128. The summed E-state index contributed by atoms with van der Waals surface area (Å²) in [7, 11) is 49.9. The third kappa shape index (κ3) is 13.4. The van der Waals surface area contributed by atoms with Crippen LogP contribution >= 0.6 is 138 Å². The number of para-hydroxylation sites is 4. The van der Waals surface area contributed by atoms with E-state index in [9.17, 15) is 0 Å². The first-order valence-corrected chi connectivity index (χ1v) is 56.1. The molecular formula is C38H22Br2Cl12O2Sb2. The van der Waals surface area contributed by atoms with E-state index in [0.29, 0.717) is 0 Å². The van der Waals surface area contributed by atoms with Crippen molar-refractivity contribution in [3.63, 3.8) is 0 Å². The Balaban J connectivity index is 0.000000326. The molecule has 0 aliphatic heterocycles. The predicted octanol–water partition coefficient (Wildman–Crippen LogP) is 20.1. The van der Waals surface area contributed by atoms with Gasteiger partial charge in [0.15, 0.2) is 0 Å². The molecule has 0 bridgehead atoms. The molecule has 0 fully saturated rings. The van der Waals surface area contributed by atoms with Gasteiger partial charge in [0.25, 0.3) is 0 Å². The minimum absolute atomic E-state index is 0.853. The standard InChI is InChI=1S/C38H22Br2O2.12ClH.2Sb/c39-29-17-9-15-27(35-23-11-1-5-19-31(23)41-32-20-6-2-12-24(32)35)37(29)38-28(16-10-18-30(38)40)36-25-13-3-7-21-33(25)42-34-22-8-4-14-26(34)36;;;;;;;;;;;;;;/h1-22H;12*1H;;/q+2;;;;;;;;;;;;;2*+5/p-12. The quantitative estimate of drug-likeness (QED) is 0.0999. The van der Waals surface area contributed by atoms with Gasteiger partial charge in [-0.05, 0) is 47.5 Å². The van der Waals surface area contributed by atoms with Crippen LogP contribution in [0.1, 0.15) is 0 Å². The Hall–Kier alpha value is 0.736. The molecule has 0 atom stereocenters. The van der Waals surface area contributed by atoms with Crippen molar-refractivity contribution in [1.29, 1.82) is 0 Å². The normalized spacial score (nSPS) is 14.5. The molecule has 6 aromatic carbocycles. The molecule has 0 saturated carbocycles. The topological polar surface area (TPSA) is 22.6 Å². The van der Waals surface area contributed by atoms with Crippen molar-refractivity contribution in [2.75, 3.05) is 0 Å². The van der Waals surface area contributed by atoms with Gasteiger partial charge in [0.05, 0.1) is 21.5 Å². The van der Waals surface area contributed by atoms with Gasteiger partial charge in [-0.15, -0.1) is 0 Å². The fourth-order valence-electron chi connectivity index (χ4n) is 6.13. The van der Waals surface area contributed by atoms with Gasteiger partial charge in [0, 0.05) is 55.5 Å². The second kappa shape index (κ2) is 15.8. The third-order valence-corrected chi connectivity index (χ3v) is 9.20. The van der Waals surface area contributed by atoms with E-state index in [4.69, 9.17) is 115 Å². The maximum absolute atomic E-state index is 6.37. The van der Waals surface area contributed by atoms with Crippen LogP contribution in [-0.2, 0) is 0 Å². The van der Waals surface area contributed by atoms with Crippen molar-refractivity contribution >= 4 is 200 Å². The molecular weight excluding hydrogens is 1320 g/mol. The average Bonchev–Trinajstić information content (AvgIpc) is 3.07. The summed E-state index contributed by atoms with van der Waals surface area (Å²) in [5.74, 6) is 0. The molecule has 8 rings (SSSR count). The van der Waals surface area contributed by atoms with Crippen molar-refractivity contribution in [3.05, 3.63) is 142 Å². The van der Waals surface area contributed by atoms with Crippen LogP contribution in [0.3, 0.4) is 0 Å². The molecule has 0 unspecified atom stereocenters. The van der Waals surface area contributed by atoms with Crippen LogP contribution in [-0.4, -0.2) is 18.3 Å². The van der Waals surface area contributed by atoms with E-state index in [1.165, 1.54) is 0 Å². The van der Waals surface area contributed by atoms with E-state index >= 15 is 0 Å². The summed E-state index contributed by atoms with van der Waals surface area (Å²) < 4.78 is 14.8. The van der Waals surface area contributed by atoms with Crippen molar-refractivity contribution in [1.82, 2.24) is 0 Å². The van der Waals surface area contributed by atoms with Crippen LogP contribution in [0, 0.1) is 0 Å². The van der Waals surface area contributed by atoms with Crippen molar-refractivity contribution in [3.8, 4) is 33.4 Å². The van der Waals surface area contributed by atoms with E-state index in [1.807, 2.05) is 48.5 Å². The van der Waals surface area contributed by atoms with E-state index in [-0.39, 0.29) is 0 Å². The Labute approximate surface area is 378 Å². The first-order chi connectivity index (χ1) is 25.6. The third-order valence-electron chi connectivity index (χ3n) is 7.88. The summed E-state index contributed by atoms with van der Waals surface area (Å²) in [4.78, 5) is 0. The monoisotopic (exact) mass is 1330 g/mol. The van der Waals surface area contributed by atoms with Crippen LogP contribution in [0.25, 0.3) is 77.3 Å². The van der Waals surface area contributed by atoms with Crippen LogP contribution in [0.2, 0.25) is 0 Å². The van der Waals surface area contributed by atoms with Gasteiger partial charge >= 0.3 is 147 Å². The fourth-order valence-corrected chi connectivity index (χ4v) is 7.26. The van der Waals surface area contributed by atoms with E-state index in [1.54, 1.807) is 0 Å². The zero-order chi connectivity index (χ0) is 41.0. The summed E-state index contributed by atoms with van der Waals surface area (Å²) in [6, 6.07) is 46.0. The minimum atomic E-state index is -5.42. The summed E-state index contributed by atoms with van der Waals surface area (Å²) >= 11 is 7.97. The Kier molecular flexibility index (Phi) is 13.1. The molecule has 0 saturated heterocycles. The second-order valence-electron chi connectivity index (χ2n) is 12.2. The maximum atomic E-state index is 6.37. The van der Waals surface area contributed by atoms with E-state index < -0.39 is 18.3 Å². The molecule has 56 heavy (non-hydrogen) atoms. The number of rotatable bonds is 3. The molecule has 2 nitrogen and oxygen atoms in total. The number of benzene rings is 6. The van der Waals surface area contributed by atoms with Crippen LogP contribution in [0.15, 0.2) is 151 Å². The van der Waals surface area contributed by atoms with Gasteiger partial charge in [-0.2, -0.15) is 0 Å². The van der Waals surface area contributed by atoms with Gasteiger partial charge in [0.1, 0.15) is 0 Å². The van der Waals surface area contributed by atoms with Gasteiger partial charge in [-0.25, -0.2) is 8.83 Å². The molecule has 0 aliphatic rings. The Morgan fingerprint density at radius 1 is 0.304 bits per heavy atom. The van der Waals surface area contributed by atoms with Gasteiger partial charge in [-0.1, -0.05) is 105 Å². The first kappa shape index (κ1) is 46.2. The number of halogens is 14. The van der Waals surface area contributed by atoms with Gasteiger partial charge in [-0.3, -0.25) is 0 Å². The molecule has 0 amide bonds. The van der Waals surface area contributed by atoms with Crippen molar-refractivity contribution < 1.29 is 8.83 Å². The summed E-state index contributed by atoms with van der Waals surface area (Å²) in [5.41, 5.74) is 10.1. The number of hydrogen-bond acceptors (Lipinski definition) is 0. The van der Waals surface area contributed by atoms with Crippen molar-refractivity contribution in [2.45, 2.75) is 0 Å². The molecule has 2 heterocycles. The van der Waals surface area contributed by atoms with Crippen LogP contribution < -0.4 is 0 Å². The molecule has 0 aliphatic carbocycles. The van der Waals surface area contributed by atoms with E-state index in [2.05, 4.69) is 117 Å². The number of hydrogen-bond donors (Lipinski definition) is 0. The average molecular weight is 1340 g/mol. The summed E-state index contributed by atoms with van der Waals surface area (Å²) in [6.45, 7) is 0. The van der Waals surface area contributed by atoms with E-state index in [0.717, 1.165) is 86.2 Å². The predicted molar refractivity (Wildman–Crippen MR) is 263 cm³/mol. The van der Waals surface area contributed by atoms with Gasteiger partial charge < -0.3 is 0 Å².